The summed E-state index contributed by atoms with van der Waals surface area (Å²) in [5, 5.41) is 6.76. The number of imidazole rings is 2. The van der Waals surface area contributed by atoms with E-state index < -0.39 is 21.6 Å². The van der Waals surface area contributed by atoms with E-state index in [1.54, 1.807) is 15.8 Å². The van der Waals surface area contributed by atoms with Crippen LogP contribution >= 0.6 is 0 Å². The van der Waals surface area contributed by atoms with E-state index in [1.807, 2.05) is 6.07 Å². The van der Waals surface area contributed by atoms with E-state index in [2.05, 4.69) is 40.6 Å². The number of fused-ring (bicyclic) bond motifs is 1. The molecule has 5 heterocycles. The highest BCUT2D eigenvalue weighted by molar-refractivity contribution is 7.97. The van der Waals surface area contributed by atoms with Crippen molar-refractivity contribution >= 4 is 26.6 Å². The Labute approximate surface area is 284 Å². The molecule has 16 heteroatoms. The van der Waals surface area contributed by atoms with E-state index >= 15 is 0 Å². The van der Waals surface area contributed by atoms with Crippen molar-refractivity contribution in [3.63, 3.8) is 0 Å². The number of anilines is 1. The largest absolute Gasteiger partial charge is 0.416 e. The zero-order valence-corrected chi connectivity index (χ0v) is 29.4. The summed E-state index contributed by atoms with van der Waals surface area (Å²) in [6.07, 6.45) is -1.44. The van der Waals surface area contributed by atoms with Crippen LogP contribution in [0.25, 0.3) is 17.0 Å². The van der Waals surface area contributed by atoms with Crippen molar-refractivity contribution in [3.8, 4) is 11.4 Å². The number of carbonyl (C=O) groups excluding carboxylic acids is 1. The lowest BCUT2D eigenvalue weighted by molar-refractivity contribution is -0.138. The number of alkyl halides is 3. The highest BCUT2D eigenvalue weighted by atomic mass is 32.2. The zero-order chi connectivity index (χ0) is 35.2. The first-order chi connectivity index (χ1) is 23.2. The van der Waals surface area contributed by atoms with E-state index in [0.717, 1.165) is 19.2 Å². The van der Waals surface area contributed by atoms with E-state index in [9.17, 15) is 22.2 Å². The number of rotatable bonds is 8. The number of morpholine rings is 1. The minimum Gasteiger partial charge on any atom is -0.378 e. The lowest BCUT2D eigenvalue weighted by Gasteiger charge is -2.42. The van der Waals surface area contributed by atoms with E-state index in [4.69, 9.17) is 14.8 Å². The molecule has 3 atom stereocenters. The average molecular weight is 702 g/mol. The van der Waals surface area contributed by atoms with Gasteiger partial charge >= 0.3 is 6.18 Å². The molecule has 2 saturated heterocycles. The Bertz CT molecular complexity index is 1980. The number of hydrogen-bond acceptors (Lipinski definition) is 9. The molecule has 3 unspecified atom stereocenters. The third kappa shape index (κ3) is 6.60. The first-order valence-corrected chi connectivity index (χ1v) is 17.7. The molecule has 0 aliphatic carbocycles. The molecule has 12 nitrogen and oxygen atoms in total. The number of hydrogen-bond donors (Lipinski definition) is 0. The smallest absolute Gasteiger partial charge is 0.378 e. The molecule has 0 amide bonds. The summed E-state index contributed by atoms with van der Waals surface area (Å²) in [5.41, 5.74) is 2.13. The van der Waals surface area contributed by atoms with Gasteiger partial charge in [0.25, 0.3) is 0 Å². The van der Waals surface area contributed by atoms with Crippen LogP contribution in [0.2, 0.25) is 0 Å². The van der Waals surface area contributed by atoms with Gasteiger partial charge in [-0.15, -0.1) is 5.10 Å². The fourth-order valence-corrected chi connectivity index (χ4v) is 7.88. The number of piperazine rings is 1. The Balaban J connectivity index is 1.60. The molecular formula is C33H42F3N9O3S. The van der Waals surface area contributed by atoms with Gasteiger partial charge in [-0.05, 0) is 51.1 Å². The number of likely N-dealkylation sites (N-methyl/N-ethyl adjacent to an activating group) is 1. The van der Waals surface area contributed by atoms with Crippen molar-refractivity contribution in [3.05, 3.63) is 64.7 Å². The fraction of sp³-hybridized carbons (Fsp3) is 0.515. The molecule has 2 aliphatic rings. The van der Waals surface area contributed by atoms with Crippen LogP contribution in [0.15, 0.2) is 36.7 Å². The molecular weight excluding hydrogens is 659 g/mol. The molecule has 2 aliphatic heterocycles. The molecule has 0 N–H and O–H groups in total. The maximum Gasteiger partial charge on any atom is 0.416 e. The molecule has 6 rings (SSSR count). The van der Waals surface area contributed by atoms with Gasteiger partial charge in [-0.2, -0.15) is 13.2 Å². The van der Waals surface area contributed by atoms with Crippen LogP contribution in [-0.4, -0.2) is 120 Å². The molecule has 2 fully saturated rings. The van der Waals surface area contributed by atoms with Gasteiger partial charge in [-0.1, -0.05) is 12.1 Å². The second kappa shape index (κ2) is 13.5. The average Bonchev–Trinajstić information content (AvgIpc) is 3.69. The molecule has 0 saturated carbocycles. The van der Waals surface area contributed by atoms with Crippen molar-refractivity contribution < 1.29 is 26.9 Å². The van der Waals surface area contributed by atoms with E-state index in [1.165, 1.54) is 47.8 Å². The summed E-state index contributed by atoms with van der Waals surface area (Å²) >= 11 is 0. The van der Waals surface area contributed by atoms with Gasteiger partial charge in [0, 0.05) is 77.7 Å². The predicted molar refractivity (Wildman–Crippen MR) is 181 cm³/mol. The normalized spacial score (nSPS) is 21.0. The lowest BCUT2D eigenvalue weighted by atomic mass is 9.97. The Morgan fingerprint density at radius 3 is 2.45 bits per heavy atom. The van der Waals surface area contributed by atoms with Gasteiger partial charge < -0.3 is 9.64 Å². The molecule has 264 valence electrons. The van der Waals surface area contributed by atoms with E-state index in [-0.39, 0.29) is 29.9 Å². The molecule has 0 radical (unpaired) electrons. The Hall–Kier alpha value is -3.79. The van der Waals surface area contributed by atoms with E-state index in [0.29, 0.717) is 66.8 Å². The first kappa shape index (κ1) is 35.1. The summed E-state index contributed by atoms with van der Waals surface area (Å²) in [4.78, 5) is 28.6. The zero-order valence-electron chi connectivity index (χ0n) is 28.6. The Kier molecular flexibility index (Phi) is 9.65. The summed E-state index contributed by atoms with van der Waals surface area (Å²) in [5.74, 6) is 0.795. The van der Waals surface area contributed by atoms with Crippen molar-refractivity contribution in [2.45, 2.75) is 52.0 Å². The monoisotopic (exact) mass is 701 g/mol. The molecule has 3 aromatic heterocycles. The van der Waals surface area contributed by atoms with Crippen LogP contribution in [0.1, 0.15) is 41.9 Å². The summed E-state index contributed by atoms with van der Waals surface area (Å²) in [6, 6.07) is 6.61. The maximum absolute atomic E-state index is 14.0. The van der Waals surface area contributed by atoms with Gasteiger partial charge in [0.1, 0.15) is 0 Å². The number of nitrogens with zero attached hydrogens (tertiary/aromatic N) is 9. The third-order valence-corrected chi connectivity index (χ3v) is 11.8. The van der Waals surface area contributed by atoms with Crippen molar-refractivity contribution in [1.82, 2.24) is 37.7 Å². The molecule has 0 spiro atoms. The Morgan fingerprint density at radius 1 is 1.12 bits per heavy atom. The molecule has 0 bridgehead atoms. The second-order valence-corrected chi connectivity index (χ2v) is 15.3. The highest BCUT2D eigenvalue weighted by Gasteiger charge is 2.34. The van der Waals surface area contributed by atoms with Crippen LogP contribution in [0, 0.1) is 6.92 Å². The van der Waals surface area contributed by atoms with Crippen LogP contribution in [-0.2, 0) is 38.6 Å². The number of halogens is 3. The van der Waals surface area contributed by atoms with Gasteiger partial charge in [0.2, 0.25) is 15.1 Å². The third-order valence-electron chi connectivity index (χ3n) is 9.72. The fourth-order valence-electron chi connectivity index (χ4n) is 6.70. The topological polar surface area (TPSA) is 104 Å². The number of benzene rings is 1. The number of ether oxygens (including phenoxy) is 1. The van der Waals surface area contributed by atoms with Crippen LogP contribution in [0.4, 0.5) is 19.0 Å². The standard InChI is InChI=1S/C33H42F3N9O3S/c1-22-18-42(19-23(2)41(22)6)20-28-29(16-25-8-7-9-27(24(25)3)33(34,35)36)45-32(38-28)26(17-30(39-45)43-12-14-48-15-13-43)31-37-10-11-44(31)49(47,21-46)40(4)5/h7-11,17,22-23H,12-16,18-20H2,1-6H3. The SMILES string of the molecule is Cc1c(Cc2c(CN3CC(C)N(C)C(C)C3)nc3c(-c4nccn4S(=O)(=C=O)N(C)C)cc(N4CCOCC4)nn23)cccc1C(F)(F)F. The lowest BCUT2D eigenvalue weighted by Crippen LogP contribution is -2.54. The van der Waals surface area contributed by atoms with Crippen molar-refractivity contribution in [2.24, 2.45) is 0 Å². The second-order valence-electron chi connectivity index (χ2n) is 13.0. The van der Waals surface area contributed by atoms with Gasteiger partial charge in [-0.25, -0.2) is 31.8 Å². The number of aromatic nitrogens is 5. The predicted octanol–water partition coefficient (Wildman–Crippen LogP) is 3.46. The van der Waals surface area contributed by atoms with Crippen LogP contribution < -0.4 is 4.90 Å². The molecule has 1 aromatic carbocycles. The first-order valence-electron chi connectivity index (χ1n) is 16.2. The summed E-state index contributed by atoms with van der Waals surface area (Å²) in [7, 11) is 1.65. The maximum atomic E-state index is 14.0. The molecule has 49 heavy (non-hydrogen) atoms. The minimum atomic E-state index is -4.50. The quantitative estimate of drug-likeness (QED) is 0.256. The van der Waals surface area contributed by atoms with Gasteiger partial charge in [-0.3, -0.25) is 9.80 Å². The summed E-state index contributed by atoms with van der Waals surface area (Å²) < 4.78 is 65.8. The Morgan fingerprint density at radius 2 is 1.82 bits per heavy atom. The van der Waals surface area contributed by atoms with Crippen molar-refractivity contribution in [1.29, 1.82) is 0 Å². The highest BCUT2D eigenvalue weighted by Crippen LogP contribution is 2.35. The van der Waals surface area contributed by atoms with Crippen LogP contribution in [0.5, 0.6) is 0 Å². The van der Waals surface area contributed by atoms with Gasteiger partial charge in [0.05, 0.1) is 35.7 Å². The molecule has 4 aromatic rings. The van der Waals surface area contributed by atoms with Crippen LogP contribution in [0.3, 0.4) is 0 Å². The minimum absolute atomic E-state index is 0.134. The summed E-state index contributed by atoms with van der Waals surface area (Å²) in [6.45, 7) is 9.92. The van der Waals surface area contributed by atoms with Crippen molar-refractivity contribution in [2.75, 3.05) is 65.4 Å². The van der Waals surface area contributed by atoms with Gasteiger partial charge in [0.15, 0.2) is 17.3 Å².